The van der Waals surface area contributed by atoms with Crippen molar-refractivity contribution < 1.29 is 9.53 Å². The number of aryl methyl sites for hydroxylation is 2. The number of hydrogen-bond acceptors (Lipinski definition) is 5. The number of fused-ring (bicyclic) bond motifs is 1. The summed E-state index contributed by atoms with van der Waals surface area (Å²) in [5.41, 5.74) is 2.46. The third-order valence-electron chi connectivity index (χ3n) is 4.76. The molecule has 0 bridgehead atoms. The molecule has 0 spiro atoms. The van der Waals surface area contributed by atoms with Crippen LogP contribution < -0.4 is 9.64 Å². The van der Waals surface area contributed by atoms with Crippen LogP contribution in [-0.4, -0.2) is 34.1 Å². The van der Waals surface area contributed by atoms with Crippen molar-refractivity contribution in [3.05, 3.63) is 71.3 Å². The van der Waals surface area contributed by atoms with E-state index in [0.29, 0.717) is 28.0 Å². The van der Waals surface area contributed by atoms with Crippen LogP contribution in [0.4, 0.5) is 5.13 Å². The van der Waals surface area contributed by atoms with Crippen molar-refractivity contribution in [3.8, 4) is 5.75 Å². The van der Waals surface area contributed by atoms with E-state index in [1.54, 1.807) is 42.7 Å². The standard InChI is InChI=1S/C22H21ClN4O2S/c1-15-4-6-18-20(12-15)30-22(25-18)27(10-3-9-26-11-8-24-14-26)21(28)17-13-16(23)5-7-19(17)29-2/h4-8,11-14H,3,9-10H2,1-2H3. The highest BCUT2D eigenvalue weighted by atomic mass is 35.5. The van der Waals surface area contributed by atoms with E-state index in [2.05, 4.69) is 11.1 Å². The Morgan fingerprint density at radius 2 is 2.13 bits per heavy atom. The first-order chi connectivity index (χ1) is 14.5. The normalized spacial score (nSPS) is 11.0. The highest BCUT2D eigenvalue weighted by Gasteiger charge is 2.24. The third kappa shape index (κ3) is 4.32. The van der Waals surface area contributed by atoms with E-state index in [9.17, 15) is 4.79 Å². The van der Waals surface area contributed by atoms with Crippen LogP contribution in [0, 0.1) is 6.92 Å². The van der Waals surface area contributed by atoms with Crippen molar-refractivity contribution in [1.82, 2.24) is 14.5 Å². The van der Waals surface area contributed by atoms with E-state index >= 15 is 0 Å². The van der Waals surface area contributed by atoms with Crippen LogP contribution >= 0.6 is 22.9 Å². The second-order valence-electron chi connectivity index (χ2n) is 6.92. The van der Waals surface area contributed by atoms with Crippen molar-refractivity contribution in [2.24, 2.45) is 0 Å². The smallest absolute Gasteiger partial charge is 0.263 e. The van der Waals surface area contributed by atoms with Gasteiger partial charge in [0.05, 0.1) is 29.2 Å². The molecule has 2 aromatic carbocycles. The number of ether oxygens (including phenoxy) is 1. The number of rotatable bonds is 7. The van der Waals surface area contributed by atoms with Gasteiger partial charge in [-0.2, -0.15) is 0 Å². The summed E-state index contributed by atoms with van der Waals surface area (Å²) in [6.45, 7) is 3.30. The third-order valence-corrected chi connectivity index (χ3v) is 6.03. The lowest BCUT2D eigenvalue weighted by Gasteiger charge is -2.21. The van der Waals surface area contributed by atoms with Gasteiger partial charge in [-0.25, -0.2) is 9.97 Å². The average Bonchev–Trinajstić information content (AvgIpc) is 3.40. The molecule has 0 radical (unpaired) electrons. The molecule has 1 amide bonds. The molecule has 0 atom stereocenters. The number of halogens is 1. The summed E-state index contributed by atoms with van der Waals surface area (Å²) in [7, 11) is 1.55. The Morgan fingerprint density at radius 1 is 1.27 bits per heavy atom. The number of carbonyl (C=O) groups excluding carboxylic acids is 1. The first-order valence-corrected chi connectivity index (χ1v) is 10.7. The Hall–Kier alpha value is -2.90. The van der Waals surface area contributed by atoms with Crippen LogP contribution in [0.2, 0.25) is 5.02 Å². The molecule has 8 heteroatoms. The van der Waals surface area contributed by atoms with E-state index in [4.69, 9.17) is 21.3 Å². The average molecular weight is 441 g/mol. The molecule has 0 unspecified atom stereocenters. The maximum absolute atomic E-state index is 13.5. The zero-order valence-corrected chi connectivity index (χ0v) is 18.3. The van der Waals surface area contributed by atoms with Crippen LogP contribution in [-0.2, 0) is 6.54 Å². The fourth-order valence-electron chi connectivity index (χ4n) is 3.24. The molecule has 0 fully saturated rings. The molecule has 2 heterocycles. The molecule has 30 heavy (non-hydrogen) atoms. The molecule has 4 aromatic rings. The van der Waals surface area contributed by atoms with E-state index in [-0.39, 0.29) is 5.91 Å². The summed E-state index contributed by atoms with van der Waals surface area (Å²) in [5.74, 6) is 0.303. The van der Waals surface area contributed by atoms with E-state index in [0.717, 1.165) is 28.7 Å². The number of carbonyl (C=O) groups is 1. The van der Waals surface area contributed by atoms with Crippen LogP contribution in [0.3, 0.4) is 0 Å². The van der Waals surface area contributed by atoms with Crippen LogP contribution in [0.1, 0.15) is 22.3 Å². The highest BCUT2D eigenvalue weighted by Crippen LogP contribution is 2.32. The van der Waals surface area contributed by atoms with Gasteiger partial charge >= 0.3 is 0 Å². The fourth-order valence-corrected chi connectivity index (χ4v) is 4.50. The highest BCUT2D eigenvalue weighted by molar-refractivity contribution is 7.22. The summed E-state index contributed by atoms with van der Waals surface area (Å²) in [5, 5.41) is 1.14. The van der Waals surface area contributed by atoms with Crippen LogP contribution in [0.25, 0.3) is 10.2 Å². The number of imidazole rings is 1. The lowest BCUT2D eigenvalue weighted by molar-refractivity contribution is 0.0983. The number of benzene rings is 2. The van der Waals surface area contributed by atoms with Gasteiger partial charge in [0.2, 0.25) is 0 Å². The van der Waals surface area contributed by atoms with Gasteiger partial charge in [-0.15, -0.1) is 0 Å². The van der Waals surface area contributed by atoms with Gasteiger partial charge in [0.25, 0.3) is 5.91 Å². The van der Waals surface area contributed by atoms with Crippen molar-refractivity contribution in [3.63, 3.8) is 0 Å². The van der Waals surface area contributed by atoms with Gasteiger partial charge in [-0.1, -0.05) is 29.0 Å². The molecule has 0 aliphatic rings. The minimum atomic E-state index is -0.184. The van der Waals surface area contributed by atoms with Gasteiger partial charge in [0.1, 0.15) is 5.75 Å². The molecular weight excluding hydrogens is 420 g/mol. The van der Waals surface area contributed by atoms with E-state index < -0.39 is 0 Å². The van der Waals surface area contributed by atoms with Gasteiger partial charge < -0.3 is 9.30 Å². The monoisotopic (exact) mass is 440 g/mol. The second kappa shape index (κ2) is 8.85. The Balaban J connectivity index is 1.68. The molecule has 2 aromatic heterocycles. The quantitative estimate of drug-likeness (QED) is 0.396. The molecule has 0 saturated carbocycles. The van der Waals surface area contributed by atoms with Crippen molar-refractivity contribution in [2.45, 2.75) is 19.9 Å². The summed E-state index contributed by atoms with van der Waals surface area (Å²) >= 11 is 7.68. The van der Waals surface area contributed by atoms with Crippen molar-refractivity contribution >= 4 is 44.2 Å². The van der Waals surface area contributed by atoms with Gasteiger partial charge in [0.15, 0.2) is 5.13 Å². The minimum Gasteiger partial charge on any atom is -0.496 e. The zero-order valence-electron chi connectivity index (χ0n) is 16.7. The predicted octanol–water partition coefficient (Wildman–Crippen LogP) is 5.20. The lowest BCUT2D eigenvalue weighted by Crippen LogP contribution is -2.32. The Kier molecular flexibility index (Phi) is 6.01. The zero-order chi connectivity index (χ0) is 21.1. The molecular formula is C22H21ClN4O2S. The van der Waals surface area contributed by atoms with Crippen LogP contribution in [0.15, 0.2) is 55.1 Å². The molecule has 0 aliphatic heterocycles. The lowest BCUT2D eigenvalue weighted by atomic mass is 10.1. The maximum Gasteiger partial charge on any atom is 0.263 e. The van der Waals surface area contributed by atoms with Gasteiger partial charge in [0, 0.05) is 30.5 Å². The van der Waals surface area contributed by atoms with E-state index in [1.807, 2.05) is 29.8 Å². The Labute approximate surface area is 183 Å². The van der Waals surface area contributed by atoms with E-state index in [1.165, 1.54) is 11.3 Å². The SMILES string of the molecule is COc1ccc(Cl)cc1C(=O)N(CCCn1ccnc1)c1nc2ccc(C)cc2s1. The molecule has 0 aliphatic carbocycles. The first-order valence-electron chi connectivity index (χ1n) is 9.53. The molecule has 6 nitrogen and oxygen atoms in total. The number of aromatic nitrogens is 3. The number of hydrogen-bond donors (Lipinski definition) is 0. The summed E-state index contributed by atoms with van der Waals surface area (Å²) < 4.78 is 8.45. The van der Waals surface area contributed by atoms with Gasteiger partial charge in [-0.3, -0.25) is 9.69 Å². The number of amides is 1. The maximum atomic E-state index is 13.5. The fraction of sp³-hybridized carbons (Fsp3) is 0.227. The number of anilines is 1. The first kappa shape index (κ1) is 20.4. The molecule has 0 saturated heterocycles. The van der Waals surface area contributed by atoms with Crippen molar-refractivity contribution in [2.75, 3.05) is 18.6 Å². The molecule has 0 N–H and O–H groups in total. The Bertz CT molecular complexity index is 1170. The summed E-state index contributed by atoms with van der Waals surface area (Å²) in [6, 6.07) is 11.2. The molecule has 4 rings (SSSR count). The van der Waals surface area contributed by atoms with Gasteiger partial charge in [-0.05, 0) is 49.2 Å². The second-order valence-corrected chi connectivity index (χ2v) is 8.37. The predicted molar refractivity (Wildman–Crippen MR) is 121 cm³/mol. The summed E-state index contributed by atoms with van der Waals surface area (Å²) in [6.07, 6.45) is 6.18. The minimum absolute atomic E-state index is 0.184. The largest absolute Gasteiger partial charge is 0.496 e. The summed E-state index contributed by atoms with van der Waals surface area (Å²) in [4.78, 5) is 24.1. The number of thiazole rings is 1. The molecule has 154 valence electrons. The Morgan fingerprint density at radius 3 is 2.90 bits per heavy atom. The van der Waals surface area contributed by atoms with Crippen LogP contribution in [0.5, 0.6) is 5.75 Å². The van der Waals surface area contributed by atoms with Crippen molar-refractivity contribution in [1.29, 1.82) is 0 Å². The number of methoxy groups -OCH3 is 1. The topological polar surface area (TPSA) is 60.2 Å². The number of nitrogens with zero attached hydrogens (tertiary/aromatic N) is 4.